The first-order valence-corrected chi connectivity index (χ1v) is 8.44. The predicted molar refractivity (Wildman–Crippen MR) is 82.8 cm³/mol. The van der Waals surface area contributed by atoms with Gasteiger partial charge in [-0.05, 0) is 19.8 Å². The van der Waals surface area contributed by atoms with Gasteiger partial charge in [0, 0.05) is 43.2 Å². The van der Waals surface area contributed by atoms with Crippen LogP contribution in [-0.2, 0) is 11.3 Å². The molecule has 1 fully saturated rings. The van der Waals surface area contributed by atoms with E-state index >= 15 is 0 Å². The van der Waals surface area contributed by atoms with E-state index in [4.69, 9.17) is 0 Å². The molecular formula is C15H25N3OS. The van der Waals surface area contributed by atoms with Gasteiger partial charge in [0.15, 0.2) is 0 Å². The van der Waals surface area contributed by atoms with Crippen LogP contribution in [0.25, 0.3) is 0 Å². The number of hydrogen-bond acceptors (Lipinski definition) is 4. The average molecular weight is 295 g/mol. The van der Waals surface area contributed by atoms with Crippen molar-refractivity contribution in [2.75, 3.05) is 26.2 Å². The molecule has 2 heterocycles. The van der Waals surface area contributed by atoms with E-state index in [0.29, 0.717) is 5.91 Å². The fourth-order valence-electron chi connectivity index (χ4n) is 2.69. The minimum Gasteiger partial charge on any atom is -0.340 e. The van der Waals surface area contributed by atoms with E-state index in [2.05, 4.69) is 29.1 Å². The highest BCUT2D eigenvalue weighted by Gasteiger charge is 2.25. The second kappa shape index (κ2) is 7.18. The SMILES string of the molecule is CCC(CC)C(=O)N1CCN(Cc2nc(C)cs2)CC1. The lowest BCUT2D eigenvalue weighted by Crippen LogP contribution is -2.49. The monoisotopic (exact) mass is 295 g/mol. The van der Waals surface area contributed by atoms with Gasteiger partial charge >= 0.3 is 0 Å². The molecule has 0 bridgehead atoms. The molecule has 112 valence electrons. The number of piperazine rings is 1. The molecule has 20 heavy (non-hydrogen) atoms. The molecule has 1 saturated heterocycles. The van der Waals surface area contributed by atoms with E-state index < -0.39 is 0 Å². The van der Waals surface area contributed by atoms with Gasteiger partial charge in [-0.15, -0.1) is 11.3 Å². The Morgan fingerprint density at radius 3 is 2.45 bits per heavy atom. The second-order valence-corrected chi connectivity index (χ2v) is 6.44. The first-order chi connectivity index (χ1) is 9.63. The summed E-state index contributed by atoms with van der Waals surface area (Å²) in [6.07, 6.45) is 1.90. The lowest BCUT2D eigenvalue weighted by Gasteiger charge is -2.35. The minimum atomic E-state index is 0.211. The van der Waals surface area contributed by atoms with Crippen molar-refractivity contribution in [1.82, 2.24) is 14.8 Å². The molecule has 0 spiro atoms. The van der Waals surface area contributed by atoms with E-state index in [1.807, 2.05) is 11.8 Å². The molecule has 5 heteroatoms. The molecule has 1 aromatic heterocycles. The third-order valence-electron chi connectivity index (χ3n) is 4.04. The van der Waals surface area contributed by atoms with Crippen LogP contribution in [0.15, 0.2) is 5.38 Å². The number of hydrogen-bond donors (Lipinski definition) is 0. The Hall–Kier alpha value is -0.940. The topological polar surface area (TPSA) is 36.4 Å². The maximum Gasteiger partial charge on any atom is 0.225 e. The summed E-state index contributed by atoms with van der Waals surface area (Å²) in [4.78, 5) is 21.3. The van der Waals surface area contributed by atoms with E-state index in [9.17, 15) is 4.79 Å². The minimum absolute atomic E-state index is 0.211. The Kier molecular flexibility index (Phi) is 5.54. The molecular weight excluding hydrogens is 270 g/mol. The Morgan fingerprint density at radius 1 is 1.30 bits per heavy atom. The van der Waals surface area contributed by atoms with Crippen LogP contribution in [0, 0.1) is 12.8 Å². The highest BCUT2D eigenvalue weighted by atomic mass is 32.1. The van der Waals surface area contributed by atoms with Crippen LogP contribution >= 0.6 is 11.3 Å². The summed E-state index contributed by atoms with van der Waals surface area (Å²) in [5.74, 6) is 0.558. The van der Waals surface area contributed by atoms with Gasteiger partial charge in [-0.1, -0.05) is 13.8 Å². The Balaban J connectivity index is 1.81. The number of rotatable bonds is 5. The van der Waals surface area contributed by atoms with Crippen LogP contribution in [-0.4, -0.2) is 46.9 Å². The molecule has 4 nitrogen and oxygen atoms in total. The Morgan fingerprint density at radius 2 is 1.95 bits per heavy atom. The molecule has 1 aliphatic rings. The Labute approximate surface area is 125 Å². The van der Waals surface area contributed by atoms with Crippen molar-refractivity contribution < 1.29 is 4.79 Å². The largest absolute Gasteiger partial charge is 0.340 e. The zero-order valence-corrected chi connectivity index (χ0v) is 13.6. The van der Waals surface area contributed by atoms with Crippen molar-refractivity contribution in [3.63, 3.8) is 0 Å². The highest BCUT2D eigenvalue weighted by Crippen LogP contribution is 2.16. The normalized spacial score (nSPS) is 16.9. The molecule has 0 unspecified atom stereocenters. The second-order valence-electron chi connectivity index (χ2n) is 5.50. The van der Waals surface area contributed by atoms with Gasteiger partial charge in [0.05, 0.1) is 6.54 Å². The summed E-state index contributed by atoms with van der Waals surface area (Å²) >= 11 is 1.73. The molecule has 0 radical (unpaired) electrons. The standard InChI is InChI=1S/C15H25N3OS/c1-4-13(5-2)15(19)18-8-6-17(7-9-18)10-14-16-12(3)11-20-14/h11,13H,4-10H2,1-3H3. The first kappa shape index (κ1) is 15.4. The van der Waals surface area contributed by atoms with Crippen molar-refractivity contribution in [3.8, 4) is 0 Å². The molecule has 2 rings (SSSR count). The number of amides is 1. The van der Waals surface area contributed by atoms with Crippen LogP contribution in [0.5, 0.6) is 0 Å². The van der Waals surface area contributed by atoms with Crippen LogP contribution in [0.2, 0.25) is 0 Å². The molecule has 1 aromatic rings. The average Bonchev–Trinajstić information content (AvgIpc) is 2.86. The molecule has 0 atom stereocenters. The highest BCUT2D eigenvalue weighted by molar-refractivity contribution is 7.09. The first-order valence-electron chi connectivity index (χ1n) is 7.56. The molecule has 0 aromatic carbocycles. The maximum absolute atomic E-state index is 12.3. The number of carbonyl (C=O) groups is 1. The van der Waals surface area contributed by atoms with Crippen molar-refractivity contribution in [1.29, 1.82) is 0 Å². The molecule has 1 amide bonds. The van der Waals surface area contributed by atoms with Crippen LogP contribution in [0.4, 0.5) is 0 Å². The lowest BCUT2D eigenvalue weighted by molar-refractivity contribution is -0.137. The summed E-state index contributed by atoms with van der Waals surface area (Å²) < 4.78 is 0. The van der Waals surface area contributed by atoms with Gasteiger partial charge in [-0.25, -0.2) is 4.98 Å². The molecule has 1 aliphatic heterocycles. The maximum atomic E-state index is 12.3. The zero-order chi connectivity index (χ0) is 14.5. The van der Waals surface area contributed by atoms with Crippen molar-refractivity contribution in [3.05, 3.63) is 16.1 Å². The molecule has 0 aliphatic carbocycles. The summed E-state index contributed by atoms with van der Waals surface area (Å²) in [6.45, 7) is 10.8. The summed E-state index contributed by atoms with van der Waals surface area (Å²) in [7, 11) is 0. The van der Waals surface area contributed by atoms with E-state index in [1.54, 1.807) is 11.3 Å². The molecule has 0 saturated carbocycles. The van der Waals surface area contributed by atoms with Crippen molar-refractivity contribution in [2.45, 2.75) is 40.2 Å². The summed E-state index contributed by atoms with van der Waals surface area (Å²) in [5, 5.41) is 3.28. The van der Waals surface area contributed by atoms with Gasteiger partial charge in [-0.2, -0.15) is 0 Å². The number of carbonyl (C=O) groups excluding carboxylic acids is 1. The zero-order valence-electron chi connectivity index (χ0n) is 12.8. The van der Waals surface area contributed by atoms with Crippen LogP contribution < -0.4 is 0 Å². The van der Waals surface area contributed by atoms with Gasteiger partial charge < -0.3 is 4.90 Å². The van der Waals surface area contributed by atoms with Crippen LogP contribution in [0.1, 0.15) is 37.4 Å². The predicted octanol–water partition coefficient (Wildman–Crippen LogP) is 2.53. The van der Waals surface area contributed by atoms with E-state index in [-0.39, 0.29) is 5.92 Å². The van der Waals surface area contributed by atoms with Gasteiger partial charge in [-0.3, -0.25) is 9.69 Å². The van der Waals surface area contributed by atoms with E-state index in [1.165, 1.54) is 5.01 Å². The third-order valence-corrected chi connectivity index (χ3v) is 5.00. The van der Waals surface area contributed by atoms with Gasteiger partial charge in [0.25, 0.3) is 0 Å². The van der Waals surface area contributed by atoms with Gasteiger partial charge in [0.1, 0.15) is 5.01 Å². The molecule has 0 N–H and O–H groups in total. The lowest BCUT2D eigenvalue weighted by atomic mass is 10.0. The smallest absolute Gasteiger partial charge is 0.225 e. The summed E-state index contributed by atoms with van der Waals surface area (Å²) in [5.41, 5.74) is 1.10. The van der Waals surface area contributed by atoms with Crippen molar-refractivity contribution >= 4 is 17.2 Å². The van der Waals surface area contributed by atoms with Crippen LogP contribution in [0.3, 0.4) is 0 Å². The summed E-state index contributed by atoms with van der Waals surface area (Å²) in [6, 6.07) is 0. The number of thiazole rings is 1. The van der Waals surface area contributed by atoms with Crippen molar-refractivity contribution in [2.24, 2.45) is 5.92 Å². The number of aromatic nitrogens is 1. The Bertz CT molecular complexity index is 434. The van der Waals surface area contributed by atoms with E-state index in [0.717, 1.165) is 51.3 Å². The van der Waals surface area contributed by atoms with Gasteiger partial charge in [0.2, 0.25) is 5.91 Å². The number of aryl methyl sites for hydroxylation is 1. The quantitative estimate of drug-likeness (QED) is 0.837. The fourth-order valence-corrected chi connectivity index (χ4v) is 3.50. The fraction of sp³-hybridized carbons (Fsp3) is 0.733. The number of nitrogens with zero attached hydrogens (tertiary/aromatic N) is 3. The third kappa shape index (κ3) is 3.79.